The van der Waals surface area contributed by atoms with Gasteiger partial charge in [0.15, 0.2) is 0 Å². The molecular formula is C20H20N2O4. The van der Waals surface area contributed by atoms with Crippen molar-refractivity contribution in [3.05, 3.63) is 69.8 Å². The molecule has 0 amide bonds. The maximum atomic E-state index is 10.9. The van der Waals surface area contributed by atoms with Crippen LogP contribution >= 0.6 is 0 Å². The summed E-state index contributed by atoms with van der Waals surface area (Å²) in [4.78, 5) is 10.6. The lowest BCUT2D eigenvalue weighted by Crippen LogP contribution is -2.29. The zero-order chi connectivity index (χ0) is 18.3. The number of fused-ring (bicyclic) bond motifs is 3. The summed E-state index contributed by atoms with van der Waals surface area (Å²) in [6.45, 7) is 0. The number of nitrogens with one attached hydrogen (secondary N) is 1. The molecule has 2 aliphatic rings. The SMILES string of the molecule is COc1cc(OC)c2c(c1)[C@H]1C=CC[C@H]1[C@H](c1ccc([N+](=O)[O-])cc1)N2. The van der Waals surface area contributed by atoms with Gasteiger partial charge in [0.2, 0.25) is 0 Å². The summed E-state index contributed by atoms with van der Waals surface area (Å²) in [6.07, 6.45) is 5.40. The molecule has 0 bridgehead atoms. The molecule has 1 N–H and O–H groups in total. The highest BCUT2D eigenvalue weighted by molar-refractivity contribution is 5.70. The molecule has 6 heteroatoms. The van der Waals surface area contributed by atoms with Crippen LogP contribution < -0.4 is 14.8 Å². The molecule has 0 fully saturated rings. The van der Waals surface area contributed by atoms with Crippen LogP contribution in [0.25, 0.3) is 0 Å². The van der Waals surface area contributed by atoms with Crippen LogP contribution in [-0.2, 0) is 0 Å². The standard InChI is InChI=1S/C20H20N2O4/c1-25-14-10-17-15-4-3-5-16(15)19(21-20(17)18(11-14)26-2)12-6-8-13(9-7-12)22(23)24/h3-4,6-11,15-16,19,21H,5H2,1-2H3/t15-,16+,19-/m0/s1. The van der Waals surface area contributed by atoms with Crippen molar-refractivity contribution in [1.82, 2.24) is 0 Å². The number of hydrogen-bond donors (Lipinski definition) is 1. The van der Waals surface area contributed by atoms with E-state index in [2.05, 4.69) is 23.5 Å². The second kappa shape index (κ2) is 6.37. The summed E-state index contributed by atoms with van der Waals surface area (Å²) in [7, 11) is 3.30. The third kappa shape index (κ3) is 2.58. The van der Waals surface area contributed by atoms with E-state index in [0.717, 1.165) is 34.7 Å². The quantitative estimate of drug-likeness (QED) is 0.500. The Labute approximate surface area is 151 Å². The molecule has 0 radical (unpaired) electrons. The fourth-order valence-electron chi connectivity index (χ4n) is 4.05. The highest BCUT2D eigenvalue weighted by Crippen LogP contribution is 2.53. The van der Waals surface area contributed by atoms with Gasteiger partial charge in [-0.3, -0.25) is 10.1 Å². The molecule has 3 atom stereocenters. The molecule has 0 spiro atoms. The number of allylic oxidation sites excluding steroid dienone is 2. The maximum absolute atomic E-state index is 10.9. The van der Waals surface area contributed by atoms with Gasteiger partial charge in [-0.1, -0.05) is 24.3 Å². The average Bonchev–Trinajstić information content (AvgIpc) is 3.16. The molecule has 1 aliphatic heterocycles. The summed E-state index contributed by atoms with van der Waals surface area (Å²) >= 11 is 0. The van der Waals surface area contributed by atoms with Crippen LogP contribution in [0.5, 0.6) is 11.5 Å². The molecule has 0 unspecified atom stereocenters. The Hall–Kier alpha value is -3.02. The van der Waals surface area contributed by atoms with Gasteiger partial charge in [0.25, 0.3) is 5.69 Å². The molecule has 6 nitrogen and oxygen atoms in total. The van der Waals surface area contributed by atoms with Crippen molar-refractivity contribution in [2.45, 2.75) is 18.4 Å². The molecule has 134 valence electrons. The van der Waals surface area contributed by atoms with Gasteiger partial charge >= 0.3 is 0 Å². The first kappa shape index (κ1) is 16.4. The first-order valence-electron chi connectivity index (χ1n) is 8.56. The van der Waals surface area contributed by atoms with Crippen LogP contribution in [0.15, 0.2) is 48.6 Å². The lowest BCUT2D eigenvalue weighted by atomic mass is 9.77. The van der Waals surface area contributed by atoms with Crippen molar-refractivity contribution in [1.29, 1.82) is 0 Å². The van der Waals surface area contributed by atoms with Crippen LogP contribution in [-0.4, -0.2) is 19.1 Å². The molecule has 2 aromatic carbocycles. The number of hydrogen-bond acceptors (Lipinski definition) is 5. The molecule has 1 aliphatic carbocycles. The second-order valence-electron chi connectivity index (χ2n) is 6.62. The van der Waals surface area contributed by atoms with Crippen molar-refractivity contribution in [3.63, 3.8) is 0 Å². The van der Waals surface area contributed by atoms with Crippen molar-refractivity contribution in [3.8, 4) is 11.5 Å². The topological polar surface area (TPSA) is 73.6 Å². The fraction of sp³-hybridized carbons (Fsp3) is 0.300. The van der Waals surface area contributed by atoms with Crippen molar-refractivity contribution in [2.75, 3.05) is 19.5 Å². The Morgan fingerprint density at radius 1 is 1.15 bits per heavy atom. The van der Waals surface area contributed by atoms with Crippen LogP contribution in [0.4, 0.5) is 11.4 Å². The number of methoxy groups -OCH3 is 2. The largest absolute Gasteiger partial charge is 0.497 e. The highest BCUT2D eigenvalue weighted by Gasteiger charge is 2.39. The van der Waals surface area contributed by atoms with Gasteiger partial charge in [-0.2, -0.15) is 0 Å². The molecule has 26 heavy (non-hydrogen) atoms. The number of nitro benzene ring substituents is 1. The predicted molar refractivity (Wildman–Crippen MR) is 99.0 cm³/mol. The van der Waals surface area contributed by atoms with Gasteiger partial charge in [0.1, 0.15) is 11.5 Å². The summed E-state index contributed by atoms with van der Waals surface area (Å²) in [6, 6.07) is 10.8. The van der Waals surface area contributed by atoms with E-state index in [-0.39, 0.29) is 22.6 Å². The highest BCUT2D eigenvalue weighted by atomic mass is 16.6. The minimum absolute atomic E-state index is 0.0607. The van der Waals surface area contributed by atoms with E-state index in [1.807, 2.05) is 18.2 Å². The van der Waals surface area contributed by atoms with E-state index in [1.165, 1.54) is 0 Å². The Balaban J connectivity index is 1.77. The lowest BCUT2D eigenvalue weighted by Gasteiger charge is -2.38. The first-order valence-corrected chi connectivity index (χ1v) is 8.56. The van der Waals surface area contributed by atoms with Gasteiger partial charge in [0, 0.05) is 24.1 Å². The zero-order valence-corrected chi connectivity index (χ0v) is 14.6. The third-order valence-electron chi connectivity index (χ3n) is 5.32. The first-order chi connectivity index (χ1) is 12.6. The minimum atomic E-state index is -0.372. The van der Waals surface area contributed by atoms with Crippen LogP contribution in [0.3, 0.4) is 0 Å². The van der Waals surface area contributed by atoms with E-state index in [4.69, 9.17) is 9.47 Å². The van der Waals surface area contributed by atoms with E-state index in [0.29, 0.717) is 5.92 Å². The predicted octanol–water partition coefficient (Wildman–Crippen LogP) is 4.44. The Kier molecular flexibility index (Phi) is 4.03. The molecule has 2 aromatic rings. The Morgan fingerprint density at radius 3 is 2.58 bits per heavy atom. The number of rotatable bonds is 4. The van der Waals surface area contributed by atoms with Gasteiger partial charge in [0.05, 0.1) is 30.9 Å². The normalized spacial score (nSPS) is 22.9. The fourth-order valence-corrected chi connectivity index (χ4v) is 4.05. The number of ether oxygens (including phenoxy) is 2. The van der Waals surface area contributed by atoms with Gasteiger partial charge in [-0.15, -0.1) is 0 Å². The molecule has 0 saturated heterocycles. The minimum Gasteiger partial charge on any atom is -0.497 e. The van der Waals surface area contributed by atoms with Crippen LogP contribution in [0, 0.1) is 16.0 Å². The van der Waals surface area contributed by atoms with Crippen LogP contribution in [0.1, 0.15) is 29.5 Å². The van der Waals surface area contributed by atoms with E-state index in [1.54, 1.807) is 26.4 Å². The van der Waals surface area contributed by atoms with E-state index < -0.39 is 0 Å². The number of non-ortho nitro benzene ring substituents is 1. The Bertz CT molecular complexity index is 876. The number of benzene rings is 2. The third-order valence-corrected chi connectivity index (χ3v) is 5.32. The summed E-state index contributed by atoms with van der Waals surface area (Å²) < 4.78 is 11.0. The molecular weight excluding hydrogens is 332 g/mol. The molecule has 0 aromatic heterocycles. The van der Waals surface area contributed by atoms with Crippen molar-refractivity contribution in [2.24, 2.45) is 5.92 Å². The number of nitrogens with zero attached hydrogens (tertiary/aromatic N) is 1. The summed E-state index contributed by atoms with van der Waals surface area (Å²) in [5, 5.41) is 14.5. The smallest absolute Gasteiger partial charge is 0.269 e. The van der Waals surface area contributed by atoms with Gasteiger partial charge in [-0.25, -0.2) is 0 Å². The van der Waals surface area contributed by atoms with E-state index in [9.17, 15) is 10.1 Å². The lowest BCUT2D eigenvalue weighted by molar-refractivity contribution is -0.384. The zero-order valence-electron chi connectivity index (χ0n) is 14.6. The maximum Gasteiger partial charge on any atom is 0.269 e. The number of nitro groups is 1. The summed E-state index contributed by atoms with van der Waals surface area (Å²) in [5.41, 5.74) is 3.27. The Morgan fingerprint density at radius 2 is 1.92 bits per heavy atom. The van der Waals surface area contributed by atoms with Gasteiger partial charge in [-0.05, 0) is 29.5 Å². The van der Waals surface area contributed by atoms with Crippen LogP contribution in [0.2, 0.25) is 0 Å². The molecule has 1 heterocycles. The second-order valence-corrected chi connectivity index (χ2v) is 6.62. The van der Waals surface area contributed by atoms with Gasteiger partial charge < -0.3 is 14.8 Å². The van der Waals surface area contributed by atoms with E-state index >= 15 is 0 Å². The number of anilines is 1. The average molecular weight is 352 g/mol. The molecule has 4 rings (SSSR count). The van der Waals surface area contributed by atoms with Crippen molar-refractivity contribution >= 4 is 11.4 Å². The van der Waals surface area contributed by atoms with Crippen molar-refractivity contribution < 1.29 is 14.4 Å². The monoisotopic (exact) mass is 352 g/mol. The summed E-state index contributed by atoms with van der Waals surface area (Å²) in [5.74, 6) is 2.12. The molecule has 0 saturated carbocycles.